The monoisotopic (exact) mass is 336 g/mol. The number of alkyl halides is 6. The van der Waals surface area contributed by atoms with E-state index in [0.717, 1.165) is 19.8 Å². The van der Waals surface area contributed by atoms with Gasteiger partial charge in [-0.2, -0.15) is 26.3 Å². The van der Waals surface area contributed by atoms with Crippen LogP contribution in [0.4, 0.5) is 26.3 Å². The van der Waals surface area contributed by atoms with Gasteiger partial charge in [0.05, 0.1) is 5.92 Å². The van der Waals surface area contributed by atoms with E-state index in [0.29, 0.717) is 12.8 Å². The predicted octanol–water partition coefficient (Wildman–Crippen LogP) is 5.42. The van der Waals surface area contributed by atoms with Gasteiger partial charge in [-0.25, -0.2) is 0 Å². The summed E-state index contributed by atoms with van der Waals surface area (Å²) in [7, 11) is 0. The maximum atomic E-state index is 12.8. The highest BCUT2D eigenvalue weighted by Crippen LogP contribution is 2.47. The Balaban J connectivity index is 5.14. The van der Waals surface area contributed by atoms with Gasteiger partial charge in [0.25, 0.3) is 0 Å². The van der Waals surface area contributed by atoms with E-state index in [1.54, 1.807) is 0 Å². The van der Waals surface area contributed by atoms with E-state index in [-0.39, 0.29) is 6.42 Å². The average molecular weight is 336 g/mol. The van der Waals surface area contributed by atoms with Gasteiger partial charge in [-0.1, -0.05) is 46.0 Å². The molecular formula is C14H22F6O2. The van der Waals surface area contributed by atoms with Gasteiger partial charge in [-0.15, -0.1) is 0 Å². The zero-order valence-electron chi connectivity index (χ0n) is 12.6. The van der Waals surface area contributed by atoms with E-state index in [1.165, 1.54) is 0 Å². The van der Waals surface area contributed by atoms with E-state index in [4.69, 9.17) is 5.11 Å². The summed E-state index contributed by atoms with van der Waals surface area (Å²) in [5.74, 6) is -8.95. The topological polar surface area (TPSA) is 37.3 Å². The van der Waals surface area contributed by atoms with Gasteiger partial charge in [-0.05, 0) is 12.3 Å². The van der Waals surface area contributed by atoms with Crippen LogP contribution in [0.2, 0.25) is 0 Å². The minimum Gasteiger partial charge on any atom is -0.481 e. The standard InChI is InChI=1S/C14H22F6O2/c1-3-4-5-6-7-8-10(9(2)12(21)22)11(13(15,16)17)14(18,19)20/h9-11H,3-8H2,1-2H3,(H,21,22). The Morgan fingerprint density at radius 3 is 1.77 bits per heavy atom. The van der Waals surface area contributed by atoms with E-state index >= 15 is 0 Å². The summed E-state index contributed by atoms with van der Waals surface area (Å²) in [6.45, 7) is 2.84. The highest BCUT2D eigenvalue weighted by atomic mass is 19.4. The van der Waals surface area contributed by atoms with Crippen LogP contribution in [0.5, 0.6) is 0 Å². The van der Waals surface area contributed by atoms with Crippen molar-refractivity contribution in [2.75, 3.05) is 0 Å². The van der Waals surface area contributed by atoms with Crippen molar-refractivity contribution in [1.82, 2.24) is 0 Å². The Morgan fingerprint density at radius 1 is 0.955 bits per heavy atom. The summed E-state index contributed by atoms with van der Waals surface area (Å²) in [6, 6.07) is 0. The fraction of sp³-hybridized carbons (Fsp3) is 0.929. The SMILES string of the molecule is CCCCCCCC(C(C)C(=O)O)C(C(F)(F)F)C(F)(F)F. The summed E-state index contributed by atoms with van der Waals surface area (Å²) in [6.07, 6.45) is -8.30. The normalized spacial score (nSPS) is 15.9. The van der Waals surface area contributed by atoms with Crippen LogP contribution < -0.4 is 0 Å². The van der Waals surface area contributed by atoms with Crippen molar-refractivity contribution in [2.45, 2.75) is 64.7 Å². The van der Waals surface area contributed by atoms with Crippen molar-refractivity contribution in [3.63, 3.8) is 0 Å². The van der Waals surface area contributed by atoms with Gasteiger partial charge < -0.3 is 5.11 Å². The number of carboxylic acid groups (broad SMARTS) is 1. The van der Waals surface area contributed by atoms with E-state index in [2.05, 4.69) is 0 Å². The van der Waals surface area contributed by atoms with Crippen molar-refractivity contribution in [1.29, 1.82) is 0 Å². The van der Waals surface area contributed by atoms with E-state index in [1.807, 2.05) is 6.92 Å². The number of aliphatic carboxylic acids is 1. The maximum absolute atomic E-state index is 12.8. The van der Waals surface area contributed by atoms with Crippen LogP contribution >= 0.6 is 0 Å². The third-order valence-electron chi connectivity index (χ3n) is 3.81. The van der Waals surface area contributed by atoms with Crippen molar-refractivity contribution < 1.29 is 36.2 Å². The molecule has 0 saturated heterocycles. The number of rotatable bonds is 9. The van der Waals surface area contributed by atoms with Crippen LogP contribution in [0.1, 0.15) is 52.4 Å². The molecule has 0 aromatic carbocycles. The summed E-state index contributed by atoms with van der Waals surface area (Å²) >= 11 is 0. The number of carbonyl (C=O) groups is 1. The van der Waals surface area contributed by atoms with Crippen LogP contribution in [0, 0.1) is 17.8 Å². The number of halogens is 6. The smallest absolute Gasteiger partial charge is 0.400 e. The molecule has 0 aromatic rings. The molecule has 8 heteroatoms. The van der Waals surface area contributed by atoms with E-state index < -0.39 is 42.5 Å². The molecule has 132 valence electrons. The molecule has 0 amide bonds. The molecule has 0 bridgehead atoms. The Labute approximate surface area is 125 Å². The van der Waals surface area contributed by atoms with Gasteiger partial charge in [0.1, 0.15) is 0 Å². The largest absolute Gasteiger partial charge is 0.481 e. The summed E-state index contributed by atoms with van der Waals surface area (Å²) < 4.78 is 76.8. The van der Waals surface area contributed by atoms with Crippen LogP contribution in [-0.4, -0.2) is 23.4 Å². The number of hydrogen-bond acceptors (Lipinski definition) is 1. The van der Waals surface area contributed by atoms with Crippen LogP contribution in [0.15, 0.2) is 0 Å². The number of unbranched alkanes of at least 4 members (excludes halogenated alkanes) is 4. The van der Waals surface area contributed by atoms with Crippen molar-refractivity contribution >= 4 is 5.97 Å². The van der Waals surface area contributed by atoms with Crippen molar-refractivity contribution in [2.24, 2.45) is 17.8 Å². The van der Waals surface area contributed by atoms with Crippen LogP contribution in [0.25, 0.3) is 0 Å². The predicted molar refractivity (Wildman–Crippen MR) is 69.3 cm³/mol. The molecule has 1 N–H and O–H groups in total. The zero-order chi connectivity index (χ0) is 17.6. The first-order chi connectivity index (χ1) is 9.92. The minimum absolute atomic E-state index is 0.158. The third-order valence-corrected chi connectivity index (χ3v) is 3.81. The minimum atomic E-state index is -5.50. The van der Waals surface area contributed by atoms with Crippen LogP contribution in [0.3, 0.4) is 0 Å². The molecule has 0 fully saturated rings. The molecule has 0 heterocycles. The first-order valence-electron chi connectivity index (χ1n) is 7.29. The van der Waals surface area contributed by atoms with Crippen molar-refractivity contribution in [3.8, 4) is 0 Å². The van der Waals surface area contributed by atoms with Gasteiger partial charge in [-0.3, -0.25) is 4.79 Å². The van der Waals surface area contributed by atoms with Crippen LogP contribution in [-0.2, 0) is 4.79 Å². The lowest BCUT2D eigenvalue weighted by Gasteiger charge is -2.33. The average Bonchev–Trinajstić information content (AvgIpc) is 2.32. The maximum Gasteiger partial charge on any atom is 0.400 e. The zero-order valence-corrected chi connectivity index (χ0v) is 12.6. The fourth-order valence-corrected chi connectivity index (χ4v) is 2.54. The molecule has 0 aliphatic heterocycles. The molecule has 0 spiro atoms. The summed E-state index contributed by atoms with van der Waals surface area (Å²) in [5, 5.41) is 8.84. The van der Waals surface area contributed by atoms with Gasteiger partial charge in [0, 0.05) is 0 Å². The van der Waals surface area contributed by atoms with E-state index in [9.17, 15) is 31.1 Å². The second kappa shape index (κ2) is 8.62. The molecule has 0 aromatic heterocycles. The Morgan fingerprint density at radius 2 is 1.41 bits per heavy atom. The Hall–Kier alpha value is -0.950. The van der Waals surface area contributed by atoms with Gasteiger partial charge >= 0.3 is 18.3 Å². The van der Waals surface area contributed by atoms with Gasteiger partial charge in [0.15, 0.2) is 5.92 Å². The molecule has 0 saturated carbocycles. The molecule has 2 atom stereocenters. The summed E-state index contributed by atoms with van der Waals surface area (Å²) in [4.78, 5) is 10.9. The molecule has 0 aliphatic carbocycles. The molecule has 0 radical (unpaired) electrons. The summed E-state index contributed by atoms with van der Waals surface area (Å²) in [5.41, 5.74) is 0. The molecular weight excluding hydrogens is 314 g/mol. The Kier molecular flexibility index (Phi) is 8.25. The molecule has 0 aliphatic rings. The van der Waals surface area contributed by atoms with Crippen molar-refractivity contribution in [3.05, 3.63) is 0 Å². The molecule has 0 rings (SSSR count). The molecule has 2 unspecified atom stereocenters. The molecule has 22 heavy (non-hydrogen) atoms. The second-order valence-corrected chi connectivity index (χ2v) is 5.55. The third kappa shape index (κ3) is 6.87. The lowest BCUT2D eigenvalue weighted by atomic mass is 9.78. The van der Waals surface area contributed by atoms with Gasteiger partial charge in [0.2, 0.25) is 0 Å². The lowest BCUT2D eigenvalue weighted by molar-refractivity contribution is -0.302. The first-order valence-corrected chi connectivity index (χ1v) is 7.29. The lowest BCUT2D eigenvalue weighted by Crippen LogP contribution is -2.45. The number of hydrogen-bond donors (Lipinski definition) is 1. The molecule has 2 nitrogen and oxygen atoms in total. The Bertz CT molecular complexity index is 323. The number of carboxylic acids is 1. The first kappa shape index (κ1) is 21.0. The fourth-order valence-electron chi connectivity index (χ4n) is 2.54. The highest BCUT2D eigenvalue weighted by molar-refractivity contribution is 5.69. The highest BCUT2D eigenvalue weighted by Gasteiger charge is 2.61. The second-order valence-electron chi connectivity index (χ2n) is 5.55. The quantitative estimate of drug-likeness (QED) is 0.451.